The topological polar surface area (TPSA) is 53.6 Å². The van der Waals surface area contributed by atoms with Crippen LogP contribution in [-0.2, 0) is 11.3 Å². The fourth-order valence-electron chi connectivity index (χ4n) is 2.61. The fourth-order valence-corrected chi connectivity index (χ4v) is 3.01. The SMILES string of the molecule is CCCCOc1ccc(CNC(=O)C2(CC)NN(C)C=C2Cl)cc1. The molecule has 0 aliphatic carbocycles. The van der Waals surface area contributed by atoms with E-state index in [1.165, 1.54) is 0 Å². The van der Waals surface area contributed by atoms with E-state index >= 15 is 0 Å². The van der Waals surface area contributed by atoms with Crippen LogP contribution in [0.2, 0.25) is 0 Å². The Bertz CT molecular complexity index is 588. The molecule has 1 amide bonds. The summed E-state index contributed by atoms with van der Waals surface area (Å²) in [6.07, 6.45) is 4.46. The highest BCUT2D eigenvalue weighted by molar-refractivity contribution is 6.33. The van der Waals surface area contributed by atoms with Crippen molar-refractivity contribution in [3.8, 4) is 5.75 Å². The van der Waals surface area contributed by atoms with Gasteiger partial charge in [-0.15, -0.1) is 0 Å². The zero-order valence-electron chi connectivity index (χ0n) is 14.6. The molecule has 2 N–H and O–H groups in total. The van der Waals surface area contributed by atoms with Gasteiger partial charge in [-0.3, -0.25) is 4.79 Å². The first-order valence-corrected chi connectivity index (χ1v) is 8.78. The van der Waals surface area contributed by atoms with Gasteiger partial charge in [0.1, 0.15) is 5.75 Å². The van der Waals surface area contributed by atoms with Crippen molar-refractivity contribution in [3.63, 3.8) is 0 Å². The van der Waals surface area contributed by atoms with E-state index in [0.29, 0.717) is 18.0 Å². The molecule has 5 nitrogen and oxygen atoms in total. The van der Waals surface area contributed by atoms with E-state index < -0.39 is 5.54 Å². The first-order valence-electron chi connectivity index (χ1n) is 8.40. The molecule has 1 aliphatic heterocycles. The van der Waals surface area contributed by atoms with Crippen molar-refractivity contribution in [1.82, 2.24) is 15.8 Å². The number of nitrogens with zero attached hydrogens (tertiary/aromatic N) is 1. The summed E-state index contributed by atoms with van der Waals surface area (Å²) in [4.78, 5) is 12.6. The number of ether oxygens (including phenoxy) is 1. The van der Waals surface area contributed by atoms with Crippen molar-refractivity contribution in [2.24, 2.45) is 0 Å². The molecule has 1 heterocycles. The van der Waals surface area contributed by atoms with Gasteiger partial charge in [-0.2, -0.15) is 0 Å². The van der Waals surface area contributed by atoms with Crippen molar-refractivity contribution in [3.05, 3.63) is 41.1 Å². The van der Waals surface area contributed by atoms with Crippen molar-refractivity contribution < 1.29 is 9.53 Å². The van der Waals surface area contributed by atoms with Crippen LogP contribution in [-0.4, -0.2) is 30.1 Å². The summed E-state index contributed by atoms with van der Waals surface area (Å²) in [6.45, 7) is 5.25. The van der Waals surface area contributed by atoms with Gasteiger partial charge in [0.25, 0.3) is 0 Å². The van der Waals surface area contributed by atoms with Crippen molar-refractivity contribution >= 4 is 17.5 Å². The molecule has 132 valence electrons. The second-order valence-corrected chi connectivity index (χ2v) is 6.39. The molecular formula is C18H26ClN3O2. The number of hydrazine groups is 1. The van der Waals surface area contributed by atoms with E-state index in [1.54, 1.807) is 11.2 Å². The Kier molecular flexibility index (Phi) is 6.52. The zero-order chi connectivity index (χ0) is 17.6. The summed E-state index contributed by atoms with van der Waals surface area (Å²) >= 11 is 6.27. The van der Waals surface area contributed by atoms with Crippen LogP contribution < -0.4 is 15.5 Å². The lowest BCUT2D eigenvalue weighted by atomic mass is 9.96. The van der Waals surface area contributed by atoms with E-state index in [4.69, 9.17) is 16.3 Å². The van der Waals surface area contributed by atoms with Crippen LogP contribution in [0.25, 0.3) is 0 Å². The molecule has 0 bridgehead atoms. The van der Waals surface area contributed by atoms with Gasteiger partial charge in [0.05, 0.1) is 11.6 Å². The number of unbranched alkanes of at least 4 members (excludes halogenated alkanes) is 1. The van der Waals surface area contributed by atoms with Crippen LogP contribution in [0.4, 0.5) is 0 Å². The van der Waals surface area contributed by atoms with Gasteiger partial charge in [0.2, 0.25) is 5.91 Å². The van der Waals surface area contributed by atoms with Crippen molar-refractivity contribution in [2.45, 2.75) is 45.2 Å². The number of amides is 1. The highest BCUT2D eigenvalue weighted by atomic mass is 35.5. The van der Waals surface area contributed by atoms with Crippen molar-refractivity contribution in [2.75, 3.05) is 13.7 Å². The fraction of sp³-hybridized carbons (Fsp3) is 0.500. The summed E-state index contributed by atoms with van der Waals surface area (Å²) < 4.78 is 5.64. The molecule has 2 rings (SSSR count). The molecule has 1 aromatic rings. The van der Waals surface area contributed by atoms with Gasteiger partial charge in [0.15, 0.2) is 5.54 Å². The van der Waals surface area contributed by atoms with Crippen LogP contribution in [0.15, 0.2) is 35.5 Å². The highest BCUT2D eigenvalue weighted by Crippen LogP contribution is 2.30. The predicted molar refractivity (Wildman–Crippen MR) is 96.5 cm³/mol. The predicted octanol–water partition coefficient (Wildman–Crippen LogP) is 3.16. The van der Waals surface area contributed by atoms with Crippen LogP contribution >= 0.6 is 11.6 Å². The Labute approximate surface area is 149 Å². The Morgan fingerprint density at radius 3 is 2.58 bits per heavy atom. The van der Waals surface area contributed by atoms with Gasteiger partial charge in [0, 0.05) is 19.8 Å². The minimum atomic E-state index is -0.875. The molecule has 0 aromatic heterocycles. The smallest absolute Gasteiger partial charge is 0.247 e. The number of hydrogen-bond donors (Lipinski definition) is 2. The molecule has 0 saturated carbocycles. The van der Waals surface area contributed by atoms with Gasteiger partial charge >= 0.3 is 0 Å². The van der Waals surface area contributed by atoms with Crippen LogP contribution in [0.3, 0.4) is 0 Å². The van der Waals surface area contributed by atoms with Crippen LogP contribution in [0.1, 0.15) is 38.7 Å². The average molecular weight is 352 g/mol. The van der Waals surface area contributed by atoms with Crippen LogP contribution in [0.5, 0.6) is 5.75 Å². The molecule has 24 heavy (non-hydrogen) atoms. The van der Waals surface area contributed by atoms with E-state index in [2.05, 4.69) is 17.7 Å². The minimum absolute atomic E-state index is 0.126. The Morgan fingerprint density at radius 1 is 1.33 bits per heavy atom. The number of nitrogens with one attached hydrogen (secondary N) is 2. The standard InChI is InChI=1S/C18H26ClN3O2/c1-4-6-11-24-15-9-7-14(8-10-15)12-20-17(23)18(5-2)16(19)13-22(3)21-18/h7-10,13,21H,4-6,11-12H2,1-3H3,(H,20,23). The molecule has 1 aromatic carbocycles. The van der Waals surface area contributed by atoms with Gasteiger partial charge in [-0.25, -0.2) is 5.43 Å². The average Bonchev–Trinajstić information content (AvgIpc) is 2.88. The highest BCUT2D eigenvalue weighted by Gasteiger charge is 2.44. The maximum Gasteiger partial charge on any atom is 0.247 e. The van der Waals surface area contributed by atoms with E-state index in [9.17, 15) is 4.79 Å². The molecule has 1 unspecified atom stereocenters. The number of carbonyl (C=O) groups is 1. The number of carbonyl (C=O) groups excluding carboxylic acids is 1. The summed E-state index contributed by atoms with van der Waals surface area (Å²) in [7, 11) is 1.82. The molecule has 1 atom stereocenters. The largest absolute Gasteiger partial charge is 0.494 e. The van der Waals surface area contributed by atoms with Gasteiger partial charge < -0.3 is 15.1 Å². The monoisotopic (exact) mass is 351 g/mol. The van der Waals surface area contributed by atoms with Gasteiger partial charge in [-0.1, -0.05) is 44.0 Å². The Hall–Kier alpha value is -1.72. The van der Waals surface area contributed by atoms with Crippen LogP contribution in [0, 0.1) is 0 Å². The normalized spacial score (nSPS) is 20.0. The third kappa shape index (κ3) is 4.22. The molecule has 0 saturated heterocycles. The number of rotatable bonds is 8. The molecule has 0 fully saturated rings. The molecular weight excluding hydrogens is 326 g/mol. The summed E-state index contributed by atoms with van der Waals surface area (Å²) in [6, 6.07) is 7.79. The first-order chi connectivity index (χ1) is 11.5. The Balaban J connectivity index is 1.91. The molecule has 6 heteroatoms. The maximum absolute atomic E-state index is 12.6. The number of halogens is 1. The zero-order valence-corrected chi connectivity index (χ0v) is 15.3. The second-order valence-electron chi connectivity index (χ2n) is 5.99. The molecule has 0 spiro atoms. The summed E-state index contributed by atoms with van der Waals surface area (Å²) in [5.74, 6) is 0.729. The third-order valence-corrected chi connectivity index (χ3v) is 4.56. The quantitative estimate of drug-likeness (QED) is 0.706. The lowest BCUT2D eigenvalue weighted by molar-refractivity contribution is -0.127. The van der Waals surface area contributed by atoms with Gasteiger partial charge in [-0.05, 0) is 30.5 Å². The van der Waals surface area contributed by atoms with E-state index in [-0.39, 0.29) is 5.91 Å². The number of hydrogen-bond acceptors (Lipinski definition) is 4. The number of benzene rings is 1. The maximum atomic E-state index is 12.6. The Morgan fingerprint density at radius 2 is 2.04 bits per heavy atom. The third-order valence-electron chi connectivity index (χ3n) is 4.14. The summed E-state index contributed by atoms with van der Waals surface area (Å²) in [5.41, 5.74) is 3.26. The van der Waals surface area contributed by atoms with E-state index in [1.807, 2.05) is 38.2 Å². The minimum Gasteiger partial charge on any atom is -0.494 e. The summed E-state index contributed by atoms with van der Waals surface area (Å²) in [5, 5.41) is 5.18. The van der Waals surface area contributed by atoms with Crippen molar-refractivity contribution in [1.29, 1.82) is 0 Å². The second kappa shape index (κ2) is 8.40. The lowest BCUT2D eigenvalue weighted by Crippen LogP contribution is -2.56. The van der Waals surface area contributed by atoms with E-state index in [0.717, 1.165) is 30.8 Å². The first kappa shape index (κ1) is 18.6. The molecule has 1 aliphatic rings. The lowest BCUT2D eigenvalue weighted by Gasteiger charge is -2.29. The molecule has 0 radical (unpaired) electrons.